The van der Waals surface area contributed by atoms with E-state index in [4.69, 9.17) is 0 Å². The second kappa shape index (κ2) is 5.10. The number of hydrogen-bond donors (Lipinski definition) is 0. The van der Waals surface area contributed by atoms with Crippen molar-refractivity contribution >= 4 is 17.8 Å². The van der Waals surface area contributed by atoms with Crippen molar-refractivity contribution in [2.24, 2.45) is 0 Å². The average Bonchev–Trinajstić information content (AvgIpc) is 2.30. The molecule has 0 radical (unpaired) electrons. The van der Waals surface area contributed by atoms with E-state index in [0.29, 0.717) is 16.7 Å². The lowest BCUT2D eigenvalue weighted by Crippen LogP contribution is -2.05. The first kappa shape index (κ1) is 11.2. The summed E-state index contributed by atoms with van der Waals surface area (Å²) in [6, 6.07) is 6.90. The number of hydrogen-bond acceptors (Lipinski definition) is 3. The molecule has 0 bridgehead atoms. The quantitative estimate of drug-likeness (QED) is 0.430. The van der Waals surface area contributed by atoms with Crippen LogP contribution in [-0.4, -0.2) is 19.4 Å². The van der Waals surface area contributed by atoms with Crippen LogP contribution in [0.15, 0.2) is 30.3 Å². The Bertz CT molecular complexity index is 405. The molecule has 0 aliphatic heterocycles. The number of allylic oxidation sites excluding steroid dienone is 1. The maximum Gasteiger partial charge on any atom is 0.338 e. The van der Waals surface area contributed by atoms with Crippen molar-refractivity contribution in [1.82, 2.24) is 0 Å². The second-order valence-electron chi connectivity index (χ2n) is 2.90. The summed E-state index contributed by atoms with van der Waals surface area (Å²) in [6.07, 6.45) is 2.36. The lowest BCUT2D eigenvalue weighted by atomic mass is 10.0. The first-order valence-corrected chi connectivity index (χ1v) is 4.53. The lowest BCUT2D eigenvalue weighted by molar-refractivity contribution is -0.133. The minimum atomic E-state index is -0.438. The fourth-order valence-corrected chi connectivity index (χ4v) is 1.34. The topological polar surface area (TPSA) is 43.4 Å². The zero-order chi connectivity index (χ0) is 11.3. The van der Waals surface area contributed by atoms with E-state index in [1.807, 2.05) is 0 Å². The number of esters is 1. The van der Waals surface area contributed by atoms with Gasteiger partial charge in [0.25, 0.3) is 0 Å². The van der Waals surface area contributed by atoms with Gasteiger partial charge in [0, 0.05) is 5.56 Å². The molecule has 1 rings (SSSR count). The van der Waals surface area contributed by atoms with Crippen molar-refractivity contribution in [3.63, 3.8) is 0 Å². The molecule has 0 unspecified atom stereocenters. The van der Waals surface area contributed by atoms with Gasteiger partial charge in [0.2, 0.25) is 0 Å². The Morgan fingerprint density at radius 2 is 2.00 bits per heavy atom. The monoisotopic (exact) mass is 204 g/mol. The minimum Gasteiger partial charge on any atom is -0.465 e. The van der Waals surface area contributed by atoms with E-state index in [9.17, 15) is 9.59 Å². The van der Waals surface area contributed by atoms with Crippen LogP contribution in [0.25, 0.3) is 5.57 Å². The van der Waals surface area contributed by atoms with E-state index in [0.717, 1.165) is 6.29 Å². The summed E-state index contributed by atoms with van der Waals surface area (Å²) in [6.45, 7) is 1.73. The molecule has 0 fully saturated rings. The Kier molecular flexibility index (Phi) is 3.80. The molecule has 3 heteroatoms. The van der Waals surface area contributed by atoms with Crippen LogP contribution in [0.5, 0.6) is 0 Å². The molecule has 15 heavy (non-hydrogen) atoms. The van der Waals surface area contributed by atoms with Crippen LogP contribution in [0, 0.1) is 0 Å². The number of rotatable bonds is 3. The first-order valence-electron chi connectivity index (χ1n) is 4.53. The van der Waals surface area contributed by atoms with Crippen LogP contribution in [-0.2, 0) is 9.53 Å². The lowest BCUT2D eigenvalue weighted by Gasteiger charge is -2.06. The van der Waals surface area contributed by atoms with Gasteiger partial charge in [-0.2, -0.15) is 0 Å². The summed E-state index contributed by atoms with van der Waals surface area (Å²) < 4.78 is 4.63. The molecule has 0 saturated heterocycles. The summed E-state index contributed by atoms with van der Waals surface area (Å²) in [7, 11) is 1.31. The standard InChI is InChI=1S/C12H12O3/c1-3-10(12(14)15-2)11-7-5-4-6-9(11)8-13/h3-8H,1-2H3/b10-3-. The molecule has 78 valence electrons. The molecule has 0 aliphatic rings. The summed E-state index contributed by atoms with van der Waals surface area (Å²) in [5, 5.41) is 0. The van der Waals surface area contributed by atoms with E-state index < -0.39 is 5.97 Å². The zero-order valence-electron chi connectivity index (χ0n) is 8.69. The van der Waals surface area contributed by atoms with E-state index >= 15 is 0 Å². The average molecular weight is 204 g/mol. The van der Waals surface area contributed by atoms with Crippen molar-refractivity contribution in [3.8, 4) is 0 Å². The summed E-state index contributed by atoms with van der Waals surface area (Å²) in [5.41, 5.74) is 1.48. The van der Waals surface area contributed by atoms with E-state index in [1.54, 1.807) is 37.3 Å². The Hall–Kier alpha value is -1.90. The third-order valence-electron chi connectivity index (χ3n) is 2.07. The second-order valence-corrected chi connectivity index (χ2v) is 2.90. The molecule has 0 atom stereocenters. The number of aldehydes is 1. The van der Waals surface area contributed by atoms with Crippen molar-refractivity contribution < 1.29 is 14.3 Å². The highest BCUT2D eigenvalue weighted by Crippen LogP contribution is 2.19. The van der Waals surface area contributed by atoms with Gasteiger partial charge in [-0.05, 0) is 12.5 Å². The number of benzene rings is 1. The van der Waals surface area contributed by atoms with Gasteiger partial charge in [-0.3, -0.25) is 4.79 Å². The Morgan fingerprint density at radius 3 is 2.53 bits per heavy atom. The number of ether oxygens (including phenoxy) is 1. The van der Waals surface area contributed by atoms with Crippen LogP contribution in [0.3, 0.4) is 0 Å². The molecule has 1 aromatic carbocycles. The summed E-state index contributed by atoms with van der Waals surface area (Å²) >= 11 is 0. The minimum absolute atomic E-state index is 0.403. The Balaban J connectivity index is 3.24. The van der Waals surface area contributed by atoms with Gasteiger partial charge < -0.3 is 4.74 Å². The molecule has 0 aromatic heterocycles. The fourth-order valence-electron chi connectivity index (χ4n) is 1.34. The van der Waals surface area contributed by atoms with Crippen molar-refractivity contribution in [2.45, 2.75) is 6.92 Å². The molecule has 0 aliphatic carbocycles. The highest BCUT2D eigenvalue weighted by molar-refractivity contribution is 6.18. The zero-order valence-corrected chi connectivity index (χ0v) is 8.69. The maximum atomic E-state index is 11.4. The predicted octanol–water partition coefficient (Wildman–Crippen LogP) is 2.08. The van der Waals surface area contributed by atoms with Crippen LogP contribution in [0.1, 0.15) is 22.8 Å². The molecule has 0 amide bonds. The fraction of sp³-hybridized carbons (Fsp3) is 0.167. The molecule has 0 saturated carbocycles. The first-order chi connectivity index (χ1) is 7.24. The van der Waals surface area contributed by atoms with Crippen LogP contribution in [0.4, 0.5) is 0 Å². The molecule has 3 nitrogen and oxygen atoms in total. The van der Waals surface area contributed by atoms with Gasteiger partial charge in [0.1, 0.15) is 0 Å². The Morgan fingerprint density at radius 1 is 1.33 bits per heavy atom. The molecule has 0 heterocycles. The van der Waals surface area contributed by atoms with E-state index in [2.05, 4.69) is 4.74 Å². The maximum absolute atomic E-state index is 11.4. The SMILES string of the molecule is C/C=C(\C(=O)OC)c1ccccc1C=O. The third-order valence-corrected chi connectivity index (χ3v) is 2.07. The molecule has 1 aromatic rings. The van der Waals surface area contributed by atoms with Gasteiger partial charge >= 0.3 is 5.97 Å². The van der Waals surface area contributed by atoms with Gasteiger partial charge in [-0.25, -0.2) is 4.79 Å². The van der Waals surface area contributed by atoms with Crippen molar-refractivity contribution in [3.05, 3.63) is 41.5 Å². The van der Waals surface area contributed by atoms with Crippen LogP contribution in [0.2, 0.25) is 0 Å². The molecule has 0 N–H and O–H groups in total. The van der Waals surface area contributed by atoms with Gasteiger partial charge in [0.15, 0.2) is 6.29 Å². The molecule has 0 spiro atoms. The smallest absolute Gasteiger partial charge is 0.338 e. The normalized spacial score (nSPS) is 10.9. The third kappa shape index (κ3) is 2.31. The molecular formula is C12H12O3. The van der Waals surface area contributed by atoms with E-state index in [1.165, 1.54) is 7.11 Å². The van der Waals surface area contributed by atoms with Gasteiger partial charge in [0.05, 0.1) is 12.7 Å². The number of carbonyl (C=O) groups is 2. The number of carbonyl (C=O) groups excluding carboxylic acids is 2. The van der Waals surface area contributed by atoms with Crippen LogP contribution < -0.4 is 0 Å². The summed E-state index contributed by atoms with van der Waals surface area (Å²) in [4.78, 5) is 22.2. The van der Waals surface area contributed by atoms with E-state index in [-0.39, 0.29) is 0 Å². The van der Waals surface area contributed by atoms with Crippen LogP contribution >= 0.6 is 0 Å². The van der Waals surface area contributed by atoms with Gasteiger partial charge in [-0.1, -0.05) is 30.3 Å². The van der Waals surface area contributed by atoms with Crippen molar-refractivity contribution in [2.75, 3.05) is 7.11 Å². The van der Waals surface area contributed by atoms with Gasteiger partial charge in [-0.15, -0.1) is 0 Å². The summed E-state index contributed by atoms with van der Waals surface area (Å²) in [5.74, 6) is -0.438. The Labute approximate surface area is 88.4 Å². The largest absolute Gasteiger partial charge is 0.465 e. The van der Waals surface area contributed by atoms with Crippen molar-refractivity contribution in [1.29, 1.82) is 0 Å². The number of methoxy groups -OCH3 is 1. The highest BCUT2D eigenvalue weighted by atomic mass is 16.5. The molecular weight excluding hydrogens is 192 g/mol. The predicted molar refractivity (Wildman–Crippen MR) is 57.5 cm³/mol. The highest BCUT2D eigenvalue weighted by Gasteiger charge is 2.13.